The molecule has 0 amide bonds. The first-order valence-electron chi connectivity index (χ1n) is 2.89. The predicted molar refractivity (Wildman–Crippen MR) is 48.3 cm³/mol. The first-order chi connectivity index (χ1) is 4.63. The minimum atomic E-state index is 0.745. The van der Waals surface area contributed by atoms with E-state index in [0.717, 1.165) is 20.6 Å². The van der Waals surface area contributed by atoms with Gasteiger partial charge >= 0.3 is 0 Å². The SMILES string of the molecule is [CH2]c1ccc(Br)c(C)c1Cl. The standard InChI is InChI=1S/C8H7BrCl/c1-5-3-4-7(9)6(2)8(5)10/h3-4H,1H2,2H3. The molecular weight excluding hydrogens is 211 g/mol. The quantitative estimate of drug-likeness (QED) is 0.624. The summed E-state index contributed by atoms with van der Waals surface area (Å²) in [7, 11) is 0. The van der Waals surface area contributed by atoms with Crippen molar-refractivity contribution in [3.63, 3.8) is 0 Å². The third kappa shape index (κ3) is 1.35. The molecule has 0 fully saturated rings. The van der Waals surface area contributed by atoms with E-state index in [2.05, 4.69) is 22.9 Å². The Kier molecular flexibility index (Phi) is 2.37. The van der Waals surface area contributed by atoms with Crippen LogP contribution in [0.2, 0.25) is 5.02 Å². The van der Waals surface area contributed by atoms with Gasteiger partial charge in [-0.3, -0.25) is 0 Å². The average Bonchev–Trinajstić information content (AvgIpc) is 1.93. The van der Waals surface area contributed by atoms with Gasteiger partial charge in [-0.05, 0) is 31.0 Å². The zero-order valence-electron chi connectivity index (χ0n) is 5.62. The Bertz CT molecular complexity index is 229. The zero-order valence-corrected chi connectivity index (χ0v) is 7.96. The fourth-order valence-corrected chi connectivity index (χ4v) is 1.33. The maximum atomic E-state index is 5.89. The van der Waals surface area contributed by atoms with Crippen LogP contribution in [0.3, 0.4) is 0 Å². The lowest BCUT2D eigenvalue weighted by Crippen LogP contribution is -1.81. The second-order valence-electron chi connectivity index (χ2n) is 2.15. The highest BCUT2D eigenvalue weighted by molar-refractivity contribution is 9.10. The minimum absolute atomic E-state index is 0.745. The summed E-state index contributed by atoms with van der Waals surface area (Å²) < 4.78 is 1.03. The Labute approximate surface area is 74.3 Å². The fourth-order valence-electron chi connectivity index (χ4n) is 0.718. The third-order valence-corrected chi connectivity index (χ3v) is 2.79. The summed E-state index contributed by atoms with van der Waals surface area (Å²) in [4.78, 5) is 0. The van der Waals surface area contributed by atoms with Gasteiger partial charge in [0.15, 0.2) is 0 Å². The fraction of sp³-hybridized carbons (Fsp3) is 0.125. The summed E-state index contributed by atoms with van der Waals surface area (Å²) >= 11 is 9.26. The summed E-state index contributed by atoms with van der Waals surface area (Å²) in [6, 6.07) is 3.84. The molecule has 0 aliphatic carbocycles. The van der Waals surface area contributed by atoms with Crippen molar-refractivity contribution < 1.29 is 0 Å². The molecular formula is C8H7BrCl. The summed E-state index contributed by atoms with van der Waals surface area (Å²) in [6.07, 6.45) is 0. The lowest BCUT2D eigenvalue weighted by atomic mass is 10.2. The van der Waals surface area contributed by atoms with Crippen molar-refractivity contribution in [2.75, 3.05) is 0 Å². The molecule has 0 bridgehead atoms. The van der Waals surface area contributed by atoms with Crippen LogP contribution >= 0.6 is 27.5 Å². The molecule has 2 heteroatoms. The lowest BCUT2D eigenvalue weighted by Gasteiger charge is -2.02. The van der Waals surface area contributed by atoms with Crippen LogP contribution in [0.25, 0.3) is 0 Å². The normalized spacial score (nSPS) is 10.0. The highest BCUT2D eigenvalue weighted by Crippen LogP contribution is 2.26. The van der Waals surface area contributed by atoms with Crippen molar-refractivity contribution in [3.8, 4) is 0 Å². The van der Waals surface area contributed by atoms with Crippen LogP contribution in [-0.4, -0.2) is 0 Å². The van der Waals surface area contributed by atoms with E-state index in [9.17, 15) is 0 Å². The highest BCUT2D eigenvalue weighted by Gasteiger charge is 2.01. The molecule has 1 rings (SSSR count). The topological polar surface area (TPSA) is 0 Å². The largest absolute Gasteiger partial charge is 0.0837 e. The van der Waals surface area contributed by atoms with E-state index < -0.39 is 0 Å². The molecule has 0 saturated heterocycles. The first-order valence-corrected chi connectivity index (χ1v) is 4.06. The molecule has 1 radical (unpaired) electrons. The van der Waals surface area contributed by atoms with Crippen LogP contribution in [0.4, 0.5) is 0 Å². The number of benzene rings is 1. The summed E-state index contributed by atoms with van der Waals surface area (Å²) in [5.74, 6) is 0. The molecule has 0 N–H and O–H groups in total. The molecule has 1 aromatic carbocycles. The van der Waals surface area contributed by atoms with E-state index in [1.54, 1.807) is 0 Å². The predicted octanol–water partition coefficient (Wildman–Crippen LogP) is 3.59. The lowest BCUT2D eigenvalue weighted by molar-refractivity contribution is 1.41. The molecule has 0 nitrogen and oxygen atoms in total. The molecule has 0 aliphatic rings. The molecule has 10 heavy (non-hydrogen) atoms. The van der Waals surface area contributed by atoms with Crippen LogP contribution in [0.1, 0.15) is 11.1 Å². The second-order valence-corrected chi connectivity index (χ2v) is 3.38. The minimum Gasteiger partial charge on any atom is -0.0837 e. The van der Waals surface area contributed by atoms with E-state index in [0.29, 0.717) is 0 Å². The summed E-state index contributed by atoms with van der Waals surface area (Å²) in [5.41, 5.74) is 1.93. The number of rotatable bonds is 0. The van der Waals surface area contributed by atoms with E-state index >= 15 is 0 Å². The van der Waals surface area contributed by atoms with E-state index in [4.69, 9.17) is 11.6 Å². The van der Waals surface area contributed by atoms with Gasteiger partial charge in [-0.15, -0.1) is 0 Å². The zero-order chi connectivity index (χ0) is 7.72. The maximum Gasteiger partial charge on any atom is 0.0478 e. The average molecular weight is 219 g/mol. The van der Waals surface area contributed by atoms with Crippen molar-refractivity contribution in [1.29, 1.82) is 0 Å². The highest BCUT2D eigenvalue weighted by atomic mass is 79.9. The molecule has 0 saturated carbocycles. The van der Waals surface area contributed by atoms with Crippen molar-refractivity contribution in [3.05, 3.63) is 39.7 Å². The first kappa shape index (κ1) is 8.09. The van der Waals surface area contributed by atoms with Gasteiger partial charge in [-0.2, -0.15) is 0 Å². The van der Waals surface area contributed by atoms with E-state index in [-0.39, 0.29) is 0 Å². The van der Waals surface area contributed by atoms with Crippen LogP contribution in [0, 0.1) is 13.8 Å². The van der Waals surface area contributed by atoms with Crippen molar-refractivity contribution >= 4 is 27.5 Å². The Hall–Kier alpha value is -0.0100. The molecule has 53 valence electrons. The van der Waals surface area contributed by atoms with Gasteiger partial charge in [-0.25, -0.2) is 0 Å². The molecule has 0 unspecified atom stereocenters. The smallest absolute Gasteiger partial charge is 0.0478 e. The van der Waals surface area contributed by atoms with Crippen molar-refractivity contribution in [1.82, 2.24) is 0 Å². The Morgan fingerprint density at radius 1 is 1.50 bits per heavy atom. The maximum absolute atomic E-state index is 5.89. The van der Waals surface area contributed by atoms with Crippen molar-refractivity contribution in [2.24, 2.45) is 0 Å². The van der Waals surface area contributed by atoms with Gasteiger partial charge in [-0.1, -0.05) is 33.6 Å². The monoisotopic (exact) mass is 217 g/mol. The van der Waals surface area contributed by atoms with Crippen LogP contribution in [0.5, 0.6) is 0 Å². The third-order valence-electron chi connectivity index (χ3n) is 1.40. The van der Waals surface area contributed by atoms with Gasteiger partial charge in [0.2, 0.25) is 0 Å². The molecule has 0 atom stereocenters. The molecule has 0 aliphatic heterocycles. The van der Waals surface area contributed by atoms with Crippen LogP contribution in [-0.2, 0) is 0 Å². The molecule has 0 spiro atoms. The van der Waals surface area contributed by atoms with Gasteiger partial charge in [0, 0.05) is 9.50 Å². The number of hydrogen-bond donors (Lipinski definition) is 0. The summed E-state index contributed by atoms with van der Waals surface area (Å²) in [5, 5.41) is 0.745. The molecule has 0 aromatic heterocycles. The van der Waals surface area contributed by atoms with Gasteiger partial charge in [0.05, 0.1) is 0 Å². The van der Waals surface area contributed by atoms with E-state index in [1.807, 2.05) is 19.1 Å². The Morgan fingerprint density at radius 3 is 2.60 bits per heavy atom. The molecule has 0 heterocycles. The van der Waals surface area contributed by atoms with Gasteiger partial charge < -0.3 is 0 Å². The van der Waals surface area contributed by atoms with Crippen LogP contribution in [0.15, 0.2) is 16.6 Å². The van der Waals surface area contributed by atoms with Gasteiger partial charge in [0.1, 0.15) is 0 Å². The summed E-state index contributed by atoms with van der Waals surface area (Å²) in [6.45, 7) is 5.73. The second kappa shape index (κ2) is 2.93. The Morgan fingerprint density at radius 2 is 2.10 bits per heavy atom. The Balaban J connectivity index is 3.34. The number of halogens is 2. The molecule has 1 aromatic rings. The van der Waals surface area contributed by atoms with Crippen LogP contribution < -0.4 is 0 Å². The number of hydrogen-bond acceptors (Lipinski definition) is 0. The van der Waals surface area contributed by atoms with Crippen molar-refractivity contribution in [2.45, 2.75) is 6.92 Å². The van der Waals surface area contributed by atoms with E-state index in [1.165, 1.54) is 0 Å². The van der Waals surface area contributed by atoms with Gasteiger partial charge in [0.25, 0.3) is 0 Å².